The van der Waals surface area contributed by atoms with E-state index in [-0.39, 0.29) is 11.9 Å². The number of halogens is 2. The lowest BCUT2D eigenvalue weighted by molar-refractivity contribution is -0.117. The zero-order valence-corrected chi connectivity index (χ0v) is 10.2. The van der Waals surface area contributed by atoms with E-state index in [1.165, 1.54) is 4.90 Å². The van der Waals surface area contributed by atoms with E-state index < -0.39 is 5.38 Å². The molecule has 2 nitrogen and oxygen atoms in total. The molecule has 82 valence electrons. The van der Waals surface area contributed by atoms with Crippen LogP contribution in [0.4, 0.5) is 5.69 Å². The molecule has 0 saturated heterocycles. The van der Waals surface area contributed by atoms with Gasteiger partial charge < -0.3 is 0 Å². The Labute approximate surface area is 99.8 Å². The van der Waals surface area contributed by atoms with Crippen LogP contribution in [0.5, 0.6) is 0 Å². The van der Waals surface area contributed by atoms with Crippen LogP contribution in [-0.2, 0) is 4.79 Å². The molecule has 1 aromatic rings. The highest BCUT2D eigenvalue weighted by Crippen LogP contribution is 2.21. The third kappa shape index (κ3) is 2.86. The number of alkyl halides is 2. The van der Waals surface area contributed by atoms with Crippen molar-refractivity contribution in [1.29, 1.82) is 0 Å². The second kappa shape index (κ2) is 5.38. The van der Waals surface area contributed by atoms with Crippen molar-refractivity contribution < 1.29 is 4.79 Å². The zero-order valence-electron chi connectivity index (χ0n) is 8.71. The summed E-state index contributed by atoms with van der Waals surface area (Å²) in [6.45, 7) is 3.57. The number of carbonyl (C=O) groups excluding carboxylic acids is 1. The van der Waals surface area contributed by atoms with Gasteiger partial charge in [0.1, 0.15) is 11.4 Å². The van der Waals surface area contributed by atoms with E-state index in [1.54, 1.807) is 6.92 Å². The maximum absolute atomic E-state index is 11.7. The van der Waals surface area contributed by atoms with Crippen molar-refractivity contribution in [1.82, 2.24) is 0 Å². The van der Waals surface area contributed by atoms with Crippen molar-refractivity contribution in [3.8, 4) is 0 Å². The molecule has 1 aromatic carbocycles. The molecular weight excluding hydrogens is 233 g/mol. The van der Waals surface area contributed by atoms with Gasteiger partial charge in [0.25, 0.3) is 0 Å². The molecule has 15 heavy (non-hydrogen) atoms. The molecule has 0 aliphatic rings. The fraction of sp³-hybridized carbons (Fsp3) is 0.364. The first-order valence-electron chi connectivity index (χ1n) is 4.65. The predicted octanol–water partition coefficient (Wildman–Crippen LogP) is 3.15. The highest BCUT2D eigenvalue weighted by atomic mass is 35.5. The quantitative estimate of drug-likeness (QED) is 0.592. The summed E-state index contributed by atoms with van der Waals surface area (Å²) in [7, 11) is 0. The van der Waals surface area contributed by atoms with Gasteiger partial charge in [0.2, 0.25) is 5.91 Å². The van der Waals surface area contributed by atoms with Crippen LogP contribution in [0.15, 0.2) is 24.3 Å². The van der Waals surface area contributed by atoms with Crippen LogP contribution in [0.2, 0.25) is 0 Å². The molecule has 0 N–H and O–H groups in total. The molecule has 1 rings (SSSR count). The first-order valence-corrected chi connectivity index (χ1v) is 5.62. The molecule has 0 aromatic heterocycles. The second-order valence-electron chi connectivity index (χ2n) is 3.29. The maximum Gasteiger partial charge on any atom is 0.245 e. The highest BCUT2D eigenvalue weighted by Gasteiger charge is 2.20. The lowest BCUT2D eigenvalue weighted by Gasteiger charge is -2.22. The number of amides is 1. The first-order chi connectivity index (χ1) is 7.07. The van der Waals surface area contributed by atoms with Gasteiger partial charge >= 0.3 is 0 Å². The summed E-state index contributed by atoms with van der Waals surface area (Å²) < 4.78 is 0. The molecule has 0 saturated carbocycles. The topological polar surface area (TPSA) is 20.3 Å². The van der Waals surface area contributed by atoms with Crippen molar-refractivity contribution in [3.63, 3.8) is 0 Å². The summed E-state index contributed by atoms with van der Waals surface area (Å²) in [5, 5.41) is -0.566. The van der Waals surface area contributed by atoms with Crippen LogP contribution >= 0.6 is 23.2 Å². The van der Waals surface area contributed by atoms with Crippen molar-refractivity contribution in [3.05, 3.63) is 29.8 Å². The molecule has 0 aliphatic carbocycles. The SMILES string of the molecule is Cc1ccccc1N(CCl)C(=O)C(C)Cl. The van der Waals surface area contributed by atoms with Gasteiger partial charge in [-0.3, -0.25) is 9.69 Å². The zero-order chi connectivity index (χ0) is 11.4. The number of rotatable bonds is 3. The van der Waals surface area contributed by atoms with Crippen molar-refractivity contribution in [2.45, 2.75) is 19.2 Å². The Morgan fingerprint density at radius 2 is 2.07 bits per heavy atom. The Morgan fingerprint density at radius 3 is 2.53 bits per heavy atom. The molecule has 0 heterocycles. The fourth-order valence-corrected chi connectivity index (χ4v) is 1.69. The molecule has 1 amide bonds. The van der Waals surface area contributed by atoms with Gasteiger partial charge in [0.05, 0.1) is 0 Å². The first kappa shape index (κ1) is 12.3. The van der Waals surface area contributed by atoms with E-state index in [2.05, 4.69) is 0 Å². The van der Waals surface area contributed by atoms with E-state index in [0.717, 1.165) is 11.3 Å². The molecule has 0 bridgehead atoms. The molecule has 0 radical (unpaired) electrons. The van der Waals surface area contributed by atoms with Crippen LogP contribution in [0, 0.1) is 6.92 Å². The van der Waals surface area contributed by atoms with E-state index in [9.17, 15) is 4.79 Å². The summed E-state index contributed by atoms with van der Waals surface area (Å²) in [6, 6.07) is 7.69. The van der Waals surface area contributed by atoms with E-state index >= 15 is 0 Å². The lowest BCUT2D eigenvalue weighted by Crippen LogP contribution is -2.35. The average Bonchev–Trinajstić information content (AvgIpc) is 2.21. The van der Waals surface area contributed by atoms with Crippen molar-refractivity contribution >= 4 is 34.8 Å². The fourth-order valence-electron chi connectivity index (χ4n) is 1.32. The third-order valence-corrected chi connectivity index (χ3v) is 2.56. The molecule has 0 spiro atoms. The molecule has 4 heteroatoms. The summed E-state index contributed by atoms with van der Waals surface area (Å²) >= 11 is 11.5. The Morgan fingerprint density at radius 1 is 1.47 bits per heavy atom. The number of benzene rings is 1. The predicted molar refractivity (Wildman–Crippen MR) is 64.7 cm³/mol. The van der Waals surface area contributed by atoms with Gasteiger partial charge in [0.15, 0.2) is 0 Å². The van der Waals surface area contributed by atoms with Gasteiger partial charge in [0, 0.05) is 5.69 Å². The van der Waals surface area contributed by atoms with Gasteiger partial charge in [-0.15, -0.1) is 23.2 Å². The number of aryl methyl sites for hydroxylation is 1. The minimum Gasteiger partial charge on any atom is -0.297 e. The normalized spacial score (nSPS) is 12.3. The number of carbonyl (C=O) groups is 1. The molecule has 0 aliphatic heterocycles. The Balaban J connectivity index is 3.03. The molecular formula is C11H13Cl2NO. The Kier molecular flexibility index (Phi) is 4.43. The number of hydrogen-bond acceptors (Lipinski definition) is 1. The summed E-state index contributed by atoms with van der Waals surface area (Å²) in [5.41, 5.74) is 1.81. The van der Waals surface area contributed by atoms with Crippen molar-refractivity contribution in [2.24, 2.45) is 0 Å². The smallest absolute Gasteiger partial charge is 0.245 e. The lowest BCUT2D eigenvalue weighted by atomic mass is 10.2. The van der Waals surface area contributed by atoms with Gasteiger partial charge in [-0.25, -0.2) is 0 Å². The number of hydrogen-bond donors (Lipinski definition) is 0. The molecule has 1 unspecified atom stereocenters. The Hall–Kier alpha value is -0.730. The van der Waals surface area contributed by atoms with Gasteiger partial charge in [-0.2, -0.15) is 0 Å². The minimum atomic E-state index is -0.566. The van der Waals surface area contributed by atoms with Crippen molar-refractivity contribution in [2.75, 3.05) is 10.9 Å². The monoisotopic (exact) mass is 245 g/mol. The van der Waals surface area contributed by atoms with Crippen LogP contribution in [-0.4, -0.2) is 17.3 Å². The van der Waals surface area contributed by atoms with Crippen LogP contribution in [0.3, 0.4) is 0 Å². The van der Waals surface area contributed by atoms with Gasteiger partial charge in [-0.1, -0.05) is 18.2 Å². The summed E-state index contributed by atoms with van der Waals surface area (Å²) in [4.78, 5) is 13.2. The number of para-hydroxylation sites is 1. The average molecular weight is 246 g/mol. The van der Waals surface area contributed by atoms with E-state index in [0.29, 0.717) is 0 Å². The minimum absolute atomic E-state index is 0.112. The number of nitrogens with zero attached hydrogens (tertiary/aromatic N) is 1. The maximum atomic E-state index is 11.7. The van der Waals surface area contributed by atoms with Crippen LogP contribution in [0.1, 0.15) is 12.5 Å². The second-order valence-corrected chi connectivity index (χ2v) is 4.18. The summed E-state index contributed by atoms with van der Waals surface area (Å²) in [6.07, 6.45) is 0. The van der Waals surface area contributed by atoms with Crippen LogP contribution < -0.4 is 4.90 Å². The molecule has 0 fully saturated rings. The highest BCUT2D eigenvalue weighted by molar-refractivity contribution is 6.33. The standard InChI is InChI=1S/C11H13Cl2NO/c1-8-5-3-4-6-10(8)14(7-12)11(15)9(2)13/h3-6,9H,7H2,1-2H3. The van der Waals surface area contributed by atoms with E-state index in [1.807, 2.05) is 31.2 Å². The third-order valence-electron chi connectivity index (χ3n) is 2.13. The van der Waals surface area contributed by atoms with Gasteiger partial charge in [-0.05, 0) is 25.5 Å². The largest absolute Gasteiger partial charge is 0.297 e. The van der Waals surface area contributed by atoms with E-state index in [4.69, 9.17) is 23.2 Å². The summed E-state index contributed by atoms with van der Waals surface area (Å²) in [5.74, 6) is -0.180. The molecule has 1 atom stereocenters. The van der Waals surface area contributed by atoms with Crippen LogP contribution in [0.25, 0.3) is 0 Å². The number of anilines is 1. The Bertz CT molecular complexity index is 352.